The molecule has 1 aromatic carbocycles. The third-order valence-corrected chi connectivity index (χ3v) is 3.64. The minimum Gasteiger partial charge on any atom is -0.493 e. The highest BCUT2D eigenvalue weighted by Gasteiger charge is 2.24. The van der Waals surface area contributed by atoms with Crippen LogP contribution in [0.4, 0.5) is 0 Å². The molecule has 3 N–H and O–H groups in total. The molecule has 1 heterocycles. The highest BCUT2D eigenvalue weighted by Crippen LogP contribution is 2.34. The Morgan fingerprint density at radius 2 is 2.20 bits per heavy atom. The molecule has 108 valence electrons. The van der Waals surface area contributed by atoms with Gasteiger partial charge in [-0.25, -0.2) is 5.43 Å². The van der Waals surface area contributed by atoms with Crippen LogP contribution in [0.1, 0.15) is 24.2 Å². The highest BCUT2D eigenvalue weighted by molar-refractivity contribution is 6.35. The molecule has 0 amide bonds. The Hall–Kier alpha value is -1.27. The Kier molecular flexibility index (Phi) is 4.88. The normalized spacial score (nSPS) is 12.4. The summed E-state index contributed by atoms with van der Waals surface area (Å²) >= 11 is 12.2. The minimum atomic E-state index is -0.336. The second kappa shape index (κ2) is 6.45. The number of nitrogens with one attached hydrogen (secondary N) is 1. The molecule has 1 aromatic heterocycles. The van der Waals surface area contributed by atoms with E-state index in [1.807, 2.05) is 17.7 Å². The van der Waals surface area contributed by atoms with Gasteiger partial charge >= 0.3 is 0 Å². The summed E-state index contributed by atoms with van der Waals surface area (Å²) in [6.07, 6.45) is 1.66. The molecule has 2 rings (SSSR count). The van der Waals surface area contributed by atoms with Gasteiger partial charge in [-0.3, -0.25) is 10.5 Å². The zero-order valence-electron chi connectivity index (χ0n) is 11.2. The van der Waals surface area contributed by atoms with Crippen molar-refractivity contribution in [3.63, 3.8) is 0 Å². The first-order valence-electron chi connectivity index (χ1n) is 6.13. The van der Waals surface area contributed by atoms with Gasteiger partial charge in [0.1, 0.15) is 5.69 Å². The topological polar surface area (TPSA) is 65.1 Å². The molecule has 0 radical (unpaired) electrons. The van der Waals surface area contributed by atoms with Crippen molar-refractivity contribution in [2.75, 3.05) is 7.11 Å². The summed E-state index contributed by atoms with van der Waals surface area (Å²) < 4.78 is 7.16. The van der Waals surface area contributed by atoms with E-state index in [-0.39, 0.29) is 6.04 Å². The van der Waals surface area contributed by atoms with Crippen LogP contribution in [-0.2, 0) is 6.54 Å². The molecule has 1 unspecified atom stereocenters. The summed E-state index contributed by atoms with van der Waals surface area (Å²) in [7, 11) is 1.59. The van der Waals surface area contributed by atoms with Gasteiger partial charge in [0, 0.05) is 16.6 Å². The monoisotopic (exact) mass is 314 g/mol. The molecule has 0 fully saturated rings. The molecule has 0 saturated heterocycles. The van der Waals surface area contributed by atoms with E-state index in [0.717, 1.165) is 11.3 Å². The molecule has 0 aliphatic carbocycles. The second-order valence-corrected chi connectivity index (χ2v) is 5.02. The first-order chi connectivity index (χ1) is 9.62. The van der Waals surface area contributed by atoms with Crippen LogP contribution in [0.2, 0.25) is 10.0 Å². The summed E-state index contributed by atoms with van der Waals surface area (Å²) in [5.74, 6) is 6.37. The largest absolute Gasteiger partial charge is 0.493 e. The Bertz CT molecular complexity index is 579. The number of aromatic nitrogens is 2. The molecule has 0 aliphatic rings. The number of nitrogens with zero attached hydrogens (tertiary/aromatic N) is 2. The van der Waals surface area contributed by atoms with Crippen LogP contribution in [0, 0.1) is 0 Å². The third-order valence-electron chi connectivity index (χ3n) is 3.08. The zero-order chi connectivity index (χ0) is 14.7. The van der Waals surface area contributed by atoms with Crippen LogP contribution in [0.15, 0.2) is 24.4 Å². The number of aryl methyl sites for hydroxylation is 1. The molecule has 0 aliphatic heterocycles. The Balaban J connectivity index is 2.54. The van der Waals surface area contributed by atoms with Gasteiger partial charge < -0.3 is 4.74 Å². The first-order valence-corrected chi connectivity index (χ1v) is 6.88. The van der Waals surface area contributed by atoms with E-state index in [1.54, 1.807) is 25.4 Å². The van der Waals surface area contributed by atoms with Gasteiger partial charge in [-0.1, -0.05) is 29.3 Å². The van der Waals surface area contributed by atoms with E-state index >= 15 is 0 Å². The molecule has 7 heteroatoms. The Labute approximate surface area is 127 Å². The van der Waals surface area contributed by atoms with E-state index in [1.165, 1.54) is 0 Å². The average molecular weight is 315 g/mol. The van der Waals surface area contributed by atoms with Gasteiger partial charge in [0.05, 0.1) is 19.3 Å². The molecular weight excluding hydrogens is 299 g/mol. The summed E-state index contributed by atoms with van der Waals surface area (Å²) in [4.78, 5) is 0. The summed E-state index contributed by atoms with van der Waals surface area (Å²) in [6, 6.07) is 4.95. The average Bonchev–Trinajstić information content (AvgIpc) is 2.85. The van der Waals surface area contributed by atoms with Crippen molar-refractivity contribution in [2.24, 2.45) is 5.84 Å². The van der Waals surface area contributed by atoms with E-state index in [2.05, 4.69) is 10.5 Å². The lowest BCUT2D eigenvalue weighted by Gasteiger charge is -2.20. The van der Waals surface area contributed by atoms with Crippen LogP contribution in [0.3, 0.4) is 0 Å². The number of hydrogen-bond donors (Lipinski definition) is 2. The van der Waals surface area contributed by atoms with Gasteiger partial charge in [-0.15, -0.1) is 0 Å². The van der Waals surface area contributed by atoms with E-state index < -0.39 is 0 Å². The van der Waals surface area contributed by atoms with Crippen molar-refractivity contribution in [1.82, 2.24) is 15.2 Å². The Morgan fingerprint density at radius 3 is 2.75 bits per heavy atom. The summed E-state index contributed by atoms with van der Waals surface area (Å²) in [5.41, 5.74) is 4.40. The minimum absolute atomic E-state index is 0.336. The lowest BCUT2D eigenvalue weighted by molar-refractivity contribution is 0.399. The van der Waals surface area contributed by atoms with E-state index in [0.29, 0.717) is 22.3 Å². The number of nitrogens with two attached hydrogens (primary N) is 1. The van der Waals surface area contributed by atoms with Crippen molar-refractivity contribution in [3.05, 3.63) is 45.7 Å². The molecule has 2 aromatic rings. The van der Waals surface area contributed by atoms with Crippen LogP contribution >= 0.6 is 23.2 Å². The molecule has 0 bridgehead atoms. The Morgan fingerprint density at radius 1 is 1.45 bits per heavy atom. The first kappa shape index (κ1) is 15.1. The van der Waals surface area contributed by atoms with Gasteiger partial charge in [0.2, 0.25) is 0 Å². The number of benzene rings is 1. The number of hydrazine groups is 1. The molecular formula is C13H16Cl2N4O. The second-order valence-electron chi connectivity index (χ2n) is 4.18. The maximum absolute atomic E-state index is 6.26. The molecule has 0 saturated carbocycles. The summed E-state index contributed by atoms with van der Waals surface area (Å²) in [5, 5.41) is 5.38. The molecule has 20 heavy (non-hydrogen) atoms. The van der Waals surface area contributed by atoms with Gasteiger partial charge in [0.15, 0.2) is 5.75 Å². The lowest BCUT2D eigenvalue weighted by atomic mass is 10.0. The summed E-state index contributed by atoms with van der Waals surface area (Å²) in [6.45, 7) is 2.69. The van der Waals surface area contributed by atoms with Crippen molar-refractivity contribution >= 4 is 23.2 Å². The predicted octanol–water partition coefficient (Wildman–Crippen LogP) is 2.77. The zero-order valence-corrected chi connectivity index (χ0v) is 12.7. The van der Waals surface area contributed by atoms with Crippen molar-refractivity contribution in [1.29, 1.82) is 0 Å². The third kappa shape index (κ3) is 2.76. The number of rotatable bonds is 5. The van der Waals surface area contributed by atoms with E-state index in [9.17, 15) is 0 Å². The van der Waals surface area contributed by atoms with Crippen molar-refractivity contribution in [2.45, 2.75) is 19.5 Å². The fourth-order valence-corrected chi connectivity index (χ4v) is 2.65. The lowest BCUT2D eigenvalue weighted by Crippen LogP contribution is -2.31. The number of hydrogen-bond acceptors (Lipinski definition) is 4. The fourth-order valence-electron chi connectivity index (χ4n) is 2.13. The quantitative estimate of drug-likeness (QED) is 0.658. The maximum atomic E-state index is 6.26. The van der Waals surface area contributed by atoms with Gasteiger partial charge in [0.25, 0.3) is 0 Å². The molecule has 0 spiro atoms. The molecule has 1 atom stereocenters. The van der Waals surface area contributed by atoms with Crippen LogP contribution in [-0.4, -0.2) is 16.9 Å². The maximum Gasteiger partial charge on any atom is 0.161 e. The van der Waals surface area contributed by atoms with Gasteiger partial charge in [-0.05, 0) is 24.6 Å². The standard InChI is InChI=1S/C13H16Cl2N4O/c1-3-19-13(11(20-2)7-17-19)12(18-16)9-5-4-8(14)6-10(9)15/h4-7,12,18H,3,16H2,1-2H3. The molecule has 5 nitrogen and oxygen atoms in total. The number of halogens is 2. The van der Waals surface area contributed by atoms with Crippen LogP contribution < -0.4 is 16.0 Å². The van der Waals surface area contributed by atoms with Crippen molar-refractivity contribution < 1.29 is 4.74 Å². The van der Waals surface area contributed by atoms with Gasteiger partial charge in [-0.2, -0.15) is 5.10 Å². The van der Waals surface area contributed by atoms with Crippen molar-refractivity contribution in [3.8, 4) is 5.75 Å². The SMILES string of the molecule is CCn1ncc(OC)c1C(NN)c1ccc(Cl)cc1Cl. The smallest absolute Gasteiger partial charge is 0.161 e. The van der Waals surface area contributed by atoms with Crippen LogP contribution in [0.5, 0.6) is 5.75 Å². The highest BCUT2D eigenvalue weighted by atomic mass is 35.5. The predicted molar refractivity (Wildman–Crippen MR) is 80.1 cm³/mol. The number of methoxy groups -OCH3 is 1. The van der Waals surface area contributed by atoms with Crippen LogP contribution in [0.25, 0.3) is 0 Å². The van der Waals surface area contributed by atoms with E-state index in [4.69, 9.17) is 33.8 Å². The fraction of sp³-hybridized carbons (Fsp3) is 0.308. The number of ether oxygens (including phenoxy) is 1.